The van der Waals surface area contributed by atoms with Crippen molar-refractivity contribution in [3.63, 3.8) is 0 Å². The molecule has 1 aliphatic heterocycles. The Balaban J connectivity index is 2.43. The molecule has 4 heteroatoms. The Morgan fingerprint density at radius 3 is 2.86 bits per heavy atom. The molecule has 0 aliphatic carbocycles. The van der Waals surface area contributed by atoms with E-state index in [1.165, 1.54) is 0 Å². The zero-order valence-corrected chi connectivity index (χ0v) is 9.18. The smallest absolute Gasteiger partial charge is 0.142 e. The van der Waals surface area contributed by atoms with E-state index in [4.69, 9.17) is 12.2 Å². The molecule has 1 saturated heterocycles. The van der Waals surface area contributed by atoms with Crippen LogP contribution in [-0.2, 0) is 9.59 Å². The first-order chi connectivity index (χ1) is 6.65. The van der Waals surface area contributed by atoms with E-state index in [2.05, 4.69) is 0 Å². The summed E-state index contributed by atoms with van der Waals surface area (Å²) in [5.74, 6) is 0.147. The molecular weight excluding hydrogens is 198 g/mol. The molecule has 1 heterocycles. The molecule has 0 aromatic carbocycles. The minimum Gasteiger partial charge on any atom is -0.356 e. The largest absolute Gasteiger partial charge is 0.356 e. The van der Waals surface area contributed by atoms with Crippen LogP contribution in [0.15, 0.2) is 0 Å². The van der Waals surface area contributed by atoms with Crippen molar-refractivity contribution in [2.45, 2.75) is 38.6 Å². The minimum atomic E-state index is -0.0468. The monoisotopic (exact) mass is 213 g/mol. The van der Waals surface area contributed by atoms with Crippen molar-refractivity contribution in [3.05, 3.63) is 0 Å². The topological polar surface area (TPSA) is 37.4 Å². The lowest BCUT2D eigenvalue weighted by Crippen LogP contribution is -2.35. The van der Waals surface area contributed by atoms with Crippen LogP contribution in [0.2, 0.25) is 0 Å². The van der Waals surface area contributed by atoms with Crippen molar-refractivity contribution < 1.29 is 9.59 Å². The second kappa shape index (κ2) is 5.20. The van der Waals surface area contributed by atoms with Gasteiger partial charge < -0.3 is 14.5 Å². The fourth-order valence-corrected chi connectivity index (χ4v) is 2.00. The van der Waals surface area contributed by atoms with Gasteiger partial charge in [-0.2, -0.15) is 0 Å². The molecule has 0 N–H and O–H groups in total. The van der Waals surface area contributed by atoms with Gasteiger partial charge in [-0.25, -0.2) is 0 Å². The Hall–Kier alpha value is -0.770. The third kappa shape index (κ3) is 2.87. The van der Waals surface area contributed by atoms with Gasteiger partial charge >= 0.3 is 0 Å². The molecular formula is C10H15NO2S. The van der Waals surface area contributed by atoms with Gasteiger partial charge in [0.2, 0.25) is 0 Å². The lowest BCUT2D eigenvalue weighted by molar-refractivity contribution is -0.116. The molecule has 1 atom stereocenters. The third-order valence-corrected chi connectivity index (χ3v) is 2.91. The number of hydrogen-bond acceptors (Lipinski definition) is 3. The summed E-state index contributed by atoms with van der Waals surface area (Å²) in [6.07, 6.45) is 3.95. The molecule has 0 spiro atoms. The SMILES string of the molecule is CC(=O)CCC(=S)N1CCCC1C=O. The fourth-order valence-electron chi connectivity index (χ4n) is 1.67. The second-order valence-corrected chi connectivity index (χ2v) is 4.11. The Labute approximate surface area is 89.5 Å². The normalized spacial score (nSPS) is 20.9. The number of hydrogen-bond donors (Lipinski definition) is 0. The van der Waals surface area contributed by atoms with Gasteiger partial charge in [-0.1, -0.05) is 12.2 Å². The highest BCUT2D eigenvalue weighted by molar-refractivity contribution is 7.80. The Bertz CT molecular complexity index is 253. The maximum Gasteiger partial charge on any atom is 0.142 e. The number of thiocarbonyl (C=S) groups is 1. The summed E-state index contributed by atoms with van der Waals surface area (Å²) in [6, 6.07) is -0.0468. The van der Waals surface area contributed by atoms with Crippen molar-refractivity contribution in [3.8, 4) is 0 Å². The number of rotatable bonds is 4. The Kier molecular flexibility index (Phi) is 4.20. The number of carbonyl (C=O) groups excluding carboxylic acids is 2. The average Bonchev–Trinajstić information content (AvgIpc) is 2.61. The number of ketones is 1. The third-order valence-electron chi connectivity index (χ3n) is 2.47. The van der Waals surface area contributed by atoms with E-state index in [9.17, 15) is 9.59 Å². The van der Waals surface area contributed by atoms with Crippen molar-refractivity contribution in [2.24, 2.45) is 0 Å². The lowest BCUT2D eigenvalue weighted by atomic mass is 10.2. The van der Waals surface area contributed by atoms with Gasteiger partial charge in [0.05, 0.1) is 11.0 Å². The highest BCUT2D eigenvalue weighted by Crippen LogP contribution is 2.17. The summed E-state index contributed by atoms with van der Waals surface area (Å²) in [5, 5.41) is 0. The average molecular weight is 213 g/mol. The number of carbonyl (C=O) groups is 2. The molecule has 1 unspecified atom stereocenters. The Morgan fingerprint density at radius 1 is 1.57 bits per heavy atom. The van der Waals surface area contributed by atoms with E-state index in [1.807, 2.05) is 4.90 Å². The summed E-state index contributed by atoms with van der Waals surface area (Å²) in [6.45, 7) is 2.42. The van der Waals surface area contributed by atoms with Crippen molar-refractivity contribution in [1.82, 2.24) is 4.90 Å². The molecule has 0 radical (unpaired) electrons. The van der Waals surface area contributed by atoms with Gasteiger partial charge in [0.15, 0.2) is 0 Å². The van der Waals surface area contributed by atoms with E-state index >= 15 is 0 Å². The van der Waals surface area contributed by atoms with E-state index < -0.39 is 0 Å². The summed E-state index contributed by atoms with van der Waals surface area (Å²) in [5.41, 5.74) is 0. The first-order valence-corrected chi connectivity index (χ1v) is 5.30. The molecule has 3 nitrogen and oxygen atoms in total. The molecule has 1 aliphatic rings. The molecule has 78 valence electrons. The van der Waals surface area contributed by atoms with Crippen LogP contribution in [-0.4, -0.2) is 34.5 Å². The first-order valence-electron chi connectivity index (χ1n) is 4.89. The van der Waals surface area contributed by atoms with Gasteiger partial charge in [0, 0.05) is 19.4 Å². The summed E-state index contributed by atoms with van der Waals surface area (Å²) < 4.78 is 0. The van der Waals surface area contributed by atoms with Gasteiger partial charge in [-0.05, 0) is 19.8 Å². The fraction of sp³-hybridized carbons (Fsp3) is 0.700. The predicted molar refractivity (Wildman–Crippen MR) is 58.3 cm³/mol. The Morgan fingerprint density at radius 2 is 2.29 bits per heavy atom. The van der Waals surface area contributed by atoms with E-state index in [0.29, 0.717) is 12.8 Å². The van der Waals surface area contributed by atoms with E-state index in [1.54, 1.807) is 6.92 Å². The number of nitrogens with zero attached hydrogens (tertiary/aromatic N) is 1. The van der Waals surface area contributed by atoms with Gasteiger partial charge in [-0.3, -0.25) is 0 Å². The van der Waals surface area contributed by atoms with E-state index in [0.717, 1.165) is 30.7 Å². The van der Waals surface area contributed by atoms with Crippen LogP contribution in [0.3, 0.4) is 0 Å². The molecule has 0 saturated carbocycles. The number of likely N-dealkylation sites (tertiary alicyclic amines) is 1. The first kappa shape index (κ1) is 11.3. The molecule has 0 aromatic heterocycles. The molecule has 1 fully saturated rings. The predicted octanol–water partition coefficient (Wildman–Crippen LogP) is 1.35. The van der Waals surface area contributed by atoms with Crippen molar-refractivity contribution in [2.75, 3.05) is 6.54 Å². The van der Waals surface area contributed by atoms with Crippen LogP contribution >= 0.6 is 12.2 Å². The minimum absolute atomic E-state index is 0.0468. The van der Waals surface area contributed by atoms with Crippen molar-refractivity contribution >= 4 is 29.3 Å². The summed E-state index contributed by atoms with van der Waals surface area (Å²) >= 11 is 5.19. The highest BCUT2D eigenvalue weighted by atomic mass is 32.1. The van der Waals surface area contributed by atoms with Gasteiger partial charge in [0.25, 0.3) is 0 Å². The highest BCUT2D eigenvalue weighted by Gasteiger charge is 2.25. The lowest BCUT2D eigenvalue weighted by Gasteiger charge is -2.22. The quantitative estimate of drug-likeness (QED) is 0.522. The zero-order chi connectivity index (χ0) is 10.6. The van der Waals surface area contributed by atoms with Gasteiger partial charge in [-0.15, -0.1) is 0 Å². The van der Waals surface area contributed by atoms with Gasteiger partial charge in [0.1, 0.15) is 12.1 Å². The van der Waals surface area contributed by atoms with Crippen molar-refractivity contribution in [1.29, 1.82) is 0 Å². The van der Waals surface area contributed by atoms with E-state index in [-0.39, 0.29) is 11.8 Å². The van der Waals surface area contributed by atoms with Crippen LogP contribution in [0.4, 0.5) is 0 Å². The molecule has 0 aromatic rings. The number of Topliss-reactive ketones (excluding diaryl/α,β-unsaturated/α-hetero) is 1. The summed E-state index contributed by atoms with van der Waals surface area (Å²) in [7, 11) is 0. The van der Waals surface area contributed by atoms with Crippen LogP contribution in [0.1, 0.15) is 32.6 Å². The van der Waals surface area contributed by atoms with Crippen LogP contribution in [0.25, 0.3) is 0 Å². The maximum absolute atomic E-state index is 10.8. The van der Waals surface area contributed by atoms with Crippen LogP contribution in [0, 0.1) is 0 Å². The molecule has 1 rings (SSSR count). The molecule has 14 heavy (non-hydrogen) atoms. The van der Waals surface area contributed by atoms with Crippen LogP contribution < -0.4 is 0 Å². The zero-order valence-electron chi connectivity index (χ0n) is 8.36. The maximum atomic E-state index is 10.8. The molecule has 0 bridgehead atoms. The van der Waals surface area contributed by atoms with Crippen LogP contribution in [0.5, 0.6) is 0 Å². The summed E-state index contributed by atoms with van der Waals surface area (Å²) in [4.78, 5) is 24.2. The second-order valence-electron chi connectivity index (χ2n) is 3.63. The molecule has 0 amide bonds. The standard InChI is InChI=1S/C10H15NO2S/c1-8(13)4-5-10(14)11-6-2-3-9(11)7-12/h7,9H,2-6H2,1H3. The number of aldehydes is 1.